The summed E-state index contributed by atoms with van der Waals surface area (Å²) in [4.78, 5) is 25.8. The maximum absolute atomic E-state index is 11.9. The molecule has 1 atom stereocenters. The lowest BCUT2D eigenvalue weighted by atomic mass is 10.2. The quantitative estimate of drug-likeness (QED) is 0.657. The summed E-state index contributed by atoms with van der Waals surface area (Å²) in [5.74, 6) is -0.263. The summed E-state index contributed by atoms with van der Waals surface area (Å²) in [7, 11) is 2.03. The van der Waals surface area contributed by atoms with Crippen molar-refractivity contribution >= 4 is 23.5 Å². The van der Waals surface area contributed by atoms with Crippen LogP contribution in [0.2, 0.25) is 5.02 Å². The van der Waals surface area contributed by atoms with Gasteiger partial charge in [0.25, 0.3) is 5.91 Å². The molecule has 0 saturated carbocycles. The van der Waals surface area contributed by atoms with E-state index in [9.17, 15) is 9.59 Å². The molecular formula is C16H23ClN4O3. The molecular weight excluding hydrogens is 332 g/mol. The van der Waals surface area contributed by atoms with Gasteiger partial charge in [0.15, 0.2) is 0 Å². The van der Waals surface area contributed by atoms with Gasteiger partial charge >= 0.3 is 6.03 Å². The van der Waals surface area contributed by atoms with E-state index in [1.165, 1.54) is 0 Å². The molecule has 1 heterocycles. The fourth-order valence-corrected chi connectivity index (χ4v) is 2.57. The molecule has 3 amide bonds. The molecule has 1 aromatic rings. The molecule has 0 bridgehead atoms. The largest absolute Gasteiger partial charge is 0.374 e. The van der Waals surface area contributed by atoms with Crippen LogP contribution in [0.4, 0.5) is 4.79 Å². The van der Waals surface area contributed by atoms with E-state index in [-0.39, 0.29) is 18.0 Å². The minimum Gasteiger partial charge on any atom is -0.374 e. The maximum atomic E-state index is 11.9. The van der Waals surface area contributed by atoms with Crippen LogP contribution in [-0.2, 0) is 4.74 Å². The third-order valence-electron chi connectivity index (χ3n) is 3.65. The molecule has 1 aromatic carbocycles. The lowest BCUT2D eigenvalue weighted by Gasteiger charge is -2.30. The van der Waals surface area contributed by atoms with Gasteiger partial charge in [0.05, 0.1) is 23.3 Å². The van der Waals surface area contributed by atoms with Crippen LogP contribution in [-0.4, -0.2) is 69.3 Å². The Morgan fingerprint density at radius 2 is 2.00 bits per heavy atom. The van der Waals surface area contributed by atoms with Crippen molar-refractivity contribution in [2.75, 3.05) is 46.4 Å². The summed E-state index contributed by atoms with van der Waals surface area (Å²) in [6.45, 7) is 3.50. The number of morpholine rings is 1. The number of nitrogens with zero attached hydrogens (tertiary/aromatic N) is 1. The zero-order valence-electron chi connectivity index (χ0n) is 13.7. The molecule has 1 aliphatic heterocycles. The van der Waals surface area contributed by atoms with Crippen molar-refractivity contribution in [1.82, 2.24) is 20.9 Å². The number of hydrogen-bond donors (Lipinski definition) is 3. The van der Waals surface area contributed by atoms with Gasteiger partial charge in [-0.15, -0.1) is 0 Å². The highest BCUT2D eigenvalue weighted by molar-refractivity contribution is 6.33. The summed E-state index contributed by atoms with van der Waals surface area (Å²) in [5, 5.41) is 8.56. The van der Waals surface area contributed by atoms with Gasteiger partial charge in [0, 0.05) is 32.7 Å². The molecule has 2 rings (SSSR count). The van der Waals surface area contributed by atoms with Gasteiger partial charge in [-0.25, -0.2) is 4.79 Å². The lowest BCUT2D eigenvalue weighted by Crippen LogP contribution is -2.48. The zero-order chi connectivity index (χ0) is 17.4. The van der Waals surface area contributed by atoms with Crippen LogP contribution in [0.15, 0.2) is 24.3 Å². The molecule has 24 heavy (non-hydrogen) atoms. The smallest absolute Gasteiger partial charge is 0.314 e. The first kappa shape index (κ1) is 18.5. The Morgan fingerprint density at radius 1 is 1.25 bits per heavy atom. The highest BCUT2D eigenvalue weighted by atomic mass is 35.5. The Bertz CT molecular complexity index is 570. The molecule has 0 unspecified atom stereocenters. The Hall–Kier alpha value is -1.83. The minimum atomic E-state index is -0.279. The highest BCUT2D eigenvalue weighted by Crippen LogP contribution is 2.14. The summed E-state index contributed by atoms with van der Waals surface area (Å²) in [6.07, 6.45) is 0.00873. The SMILES string of the molecule is CN1CCO[C@@H](CNC(=O)NCCNC(=O)c2ccccc2Cl)C1. The van der Waals surface area contributed by atoms with Crippen LogP contribution in [0.5, 0.6) is 0 Å². The number of rotatable bonds is 6. The molecule has 3 N–H and O–H groups in total. The van der Waals surface area contributed by atoms with E-state index in [2.05, 4.69) is 20.9 Å². The predicted octanol–water partition coefficient (Wildman–Crippen LogP) is 0.700. The Kier molecular flexibility index (Phi) is 7.30. The van der Waals surface area contributed by atoms with E-state index < -0.39 is 0 Å². The molecule has 1 fully saturated rings. The van der Waals surface area contributed by atoms with Crippen molar-refractivity contribution in [2.45, 2.75) is 6.10 Å². The van der Waals surface area contributed by atoms with Crippen molar-refractivity contribution in [3.05, 3.63) is 34.9 Å². The molecule has 0 radical (unpaired) electrons. The molecule has 1 aliphatic rings. The molecule has 1 saturated heterocycles. The van der Waals surface area contributed by atoms with E-state index in [0.717, 1.165) is 13.1 Å². The number of hydrogen-bond acceptors (Lipinski definition) is 4. The second-order valence-electron chi connectivity index (χ2n) is 5.63. The van der Waals surface area contributed by atoms with Crippen LogP contribution >= 0.6 is 11.6 Å². The fourth-order valence-electron chi connectivity index (χ4n) is 2.35. The first-order valence-corrected chi connectivity index (χ1v) is 8.28. The van der Waals surface area contributed by atoms with E-state index in [1.54, 1.807) is 24.3 Å². The average Bonchev–Trinajstić information content (AvgIpc) is 2.57. The van der Waals surface area contributed by atoms with Crippen LogP contribution in [0.1, 0.15) is 10.4 Å². The molecule has 7 nitrogen and oxygen atoms in total. The lowest BCUT2D eigenvalue weighted by molar-refractivity contribution is -0.0167. The topological polar surface area (TPSA) is 82.7 Å². The van der Waals surface area contributed by atoms with Gasteiger partial charge in [-0.05, 0) is 19.2 Å². The third-order valence-corrected chi connectivity index (χ3v) is 3.98. The van der Waals surface area contributed by atoms with Crippen LogP contribution in [0, 0.1) is 0 Å². The number of carbonyl (C=O) groups is 2. The maximum Gasteiger partial charge on any atom is 0.314 e. The molecule has 0 spiro atoms. The van der Waals surface area contributed by atoms with Crippen molar-refractivity contribution in [3.63, 3.8) is 0 Å². The number of urea groups is 1. The van der Waals surface area contributed by atoms with E-state index in [4.69, 9.17) is 16.3 Å². The van der Waals surface area contributed by atoms with Gasteiger partial charge in [-0.1, -0.05) is 23.7 Å². The van der Waals surface area contributed by atoms with E-state index >= 15 is 0 Å². The standard InChI is InChI=1S/C16H23ClN4O3/c1-21-8-9-24-12(11-21)10-20-16(23)19-7-6-18-15(22)13-4-2-3-5-14(13)17/h2-5,12H,6-11H2,1H3,(H,18,22)(H2,19,20,23)/t12-/m0/s1. The van der Waals surface area contributed by atoms with Crippen molar-refractivity contribution in [1.29, 1.82) is 0 Å². The number of nitrogens with one attached hydrogen (secondary N) is 3. The van der Waals surface area contributed by atoms with Gasteiger partial charge in [0.2, 0.25) is 0 Å². The normalized spacial score (nSPS) is 18.0. The number of benzene rings is 1. The molecule has 132 valence electrons. The Balaban J connectivity index is 1.59. The van der Waals surface area contributed by atoms with E-state index in [0.29, 0.717) is 36.8 Å². The second-order valence-corrected chi connectivity index (χ2v) is 6.03. The summed E-state index contributed by atoms with van der Waals surface area (Å²) in [5.41, 5.74) is 0.419. The average molecular weight is 355 g/mol. The monoisotopic (exact) mass is 354 g/mol. The van der Waals surface area contributed by atoms with E-state index in [1.807, 2.05) is 7.05 Å². The van der Waals surface area contributed by atoms with Crippen LogP contribution in [0.25, 0.3) is 0 Å². The number of carbonyl (C=O) groups excluding carboxylic acids is 2. The fraction of sp³-hybridized carbons (Fsp3) is 0.500. The number of likely N-dealkylation sites (N-methyl/N-ethyl adjacent to an activating group) is 1. The Morgan fingerprint density at radius 3 is 2.75 bits per heavy atom. The number of ether oxygens (including phenoxy) is 1. The number of amides is 3. The van der Waals surface area contributed by atoms with Crippen LogP contribution in [0.3, 0.4) is 0 Å². The molecule has 0 aliphatic carbocycles. The van der Waals surface area contributed by atoms with Crippen LogP contribution < -0.4 is 16.0 Å². The summed E-state index contributed by atoms with van der Waals surface area (Å²) >= 11 is 5.95. The molecule has 8 heteroatoms. The van der Waals surface area contributed by atoms with Gasteiger partial charge < -0.3 is 25.6 Å². The van der Waals surface area contributed by atoms with Gasteiger partial charge in [-0.2, -0.15) is 0 Å². The van der Waals surface area contributed by atoms with Crippen molar-refractivity contribution in [2.24, 2.45) is 0 Å². The van der Waals surface area contributed by atoms with Crippen molar-refractivity contribution in [3.8, 4) is 0 Å². The van der Waals surface area contributed by atoms with Gasteiger partial charge in [0.1, 0.15) is 0 Å². The highest BCUT2D eigenvalue weighted by Gasteiger charge is 2.18. The number of halogens is 1. The first-order chi connectivity index (χ1) is 11.6. The third kappa shape index (κ3) is 5.99. The Labute approximate surface area is 146 Å². The molecule has 0 aromatic heterocycles. The minimum absolute atomic E-state index is 0.00873. The van der Waals surface area contributed by atoms with Crippen molar-refractivity contribution < 1.29 is 14.3 Å². The predicted molar refractivity (Wildman–Crippen MR) is 92.4 cm³/mol. The zero-order valence-corrected chi connectivity index (χ0v) is 14.4. The first-order valence-electron chi connectivity index (χ1n) is 7.91. The second kappa shape index (κ2) is 9.46. The van der Waals surface area contributed by atoms with Gasteiger partial charge in [-0.3, -0.25) is 4.79 Å². The summed E-state index contributed by atoms with van der Waals surface area (Å²) in [6, 6.07) is 6.54. The summed E-state index contributed by atoms with van der Waals surface area (Å²) < 4.78 is 5.56.